The van der Waals surface area contributed by atoms with Gasteiger partial charge in [0.15, 0.2) is 0 Å². The molecular weight excluding hydrogens is 329 g/mol. The number of nitrogens with zero attached hydrogens (tertiary/aromatic N) is 3. The van der Waals surface area contributed by atoms with Crippen molar-refractivity contribution in [3.63, 3.8) is 0 Å². The number of rotatable bonds is 2. The third-order valence-corrected chi connectivity index (χ3v) is 4.08. The van der Waals surface area contributed by atoms with Crippen LogP contribution in [0.2, 0.25) is 0 Å². The van der Waals surface area contributed by atoms with Gasteiger partial charge in [-0.05, 0) is 12.8 Å². The molecule has 0 aliphatic carbocycles. The fourth-order valence-electron chi connectivity index (χ4n) is 2.93. The van der Waals surface area contributed by atoms with E-state index in [-0.39, 0.29) is 49.8 Å². The largest absolute Gasteiger partial charge is 0.408 e. The number of halogens is 3. The number of carbonyl (C=O) groups is 3. The van der Waals surface area contributed by atoms with Crippen LogP contribution >= 0.6 is 0 Å². The molecule has 2 rings (SSSR count). The Hall–Kier alpha value is -2.13. The Morgan fingerprint density at radius 2 is 1.92 bits per heavy atom. The quantitative estimate of drug-likeness (QED) is 0.796. The minimum Gasteiger partial charge on any atom is -0.352 e. The lowest BCUT2D eigenvalue weighted by molar-refractivity contribution is -0.194. The highest BCUT2D eigenvalue weighted by Gasteiger charge is 2.49. The Morgan fingerprint density at radius 1 is 1.25 bits per heavy atom. The molecule has 0 aromatic carbocycles. The molecule has 7 nitrogen and oxygen atoms in total. The van der Waals surface area contributed by atoms with E-state index in [4.69, 9.17) is 0 Å². The average molecular weight is 348 g/mol. The lowest BCUT2D eigenvalue weighted by Gasteiger charge is -2.40. The van der Waals surface area contributed by atoms with Gasteiger partial charge in [0.2, 0.25) is 11.8 Å². The molecule has 2 aliphatic rings. The molecule has 3 amide bonds. The minimum absolute atomic E-state index is 0.00782. The normalized spacial score (nSPS) is 25.4. The van der Waals surface area contributed by atoms with Crippen molar-refractivity contribution in [2.45, 2.75) is 50.9 Å². The molecule has 0 unspecified atom stereocenters. The van der Waals surface area contributed by atoms with Crippen LogP contribution in [0.1, 0.15) is 32.6 Å². The Kier molecular flexibility index (Phi) is 5.14. The van der Waals surface area contributed by atoms with Gasteiger partial charge in [-0.15, -0.1) is 0 Å². The maximum atomic E-state index is 13.3. The summed E-state index contributed by atoms with van der Waals surface area (Å²) in [5.74, 6) is -1.50. The topological polar surface area (TPSA) is 82.1 Å². The van der Waals surface area contributed by atoms with Crippen LogP contribution in [-0.2, 0) is 14.4 Å². The summed E-state index contributed by atoms with van der Waals surface area (Å²) >= 11 is 0. The molecule has 1 N–H and O–H groups in total. The SMILES string of the molecule is CC(=O)N[C@H]1CC[C@@H](C(F)(F)F)N(C(=O)C2=NN(C)C(=O)CC2)C1. The number of nitrogens with one attached hydrogen (secondary N) is 1. The first-order valence-corrected chi connectivity index (χ1v) is 7.58. The van der Waals surface area contributed by atoms with E-state index in [9.17, 15) is 27.6 Å². The molecule has 134 valence electrons. The Morgan fingerprint density at radius 3 is 2.46 bits per heavy atom. The number of hydrogen-bond donors (Lipinski definition) is 1. The predicted octanol–water partition coefficient (Wildman–Crippen LogP) is 0.653. The van der Waals surface area contributed by atoms with Crippen LogP contribution < -0.4 is 5.32 Å². The highest BCUT2D eigenvalue weighted by molar-refractivity contribution is 6.39. The molecule has 1 fully saturated rings. The van der Waals surface area contributed by atoms with Gasteiger partial charge < -0.3 is 10.2 Å². The first kappa shape index (κ1) is 18.2. The van der Waals surface area contributed by atoms with Gasteiger partial charge in [0.25, 0.3) is 5.91 Å². The fraction of sp³-hybridized carbons (Fsp3) is 0.714. The minimum atomic E-state index is -4.56. The number of piperidine rings is 1. The van der Waals surface area contributed by atoms with Gasteiger partial charge >= 0.3 is 6.18 Å². The third kappa shape index (κ3) is 4.04. The van der Waals surface area contributed by atoms with Gasteiger partial charge in [-0.1, -0.05) is 0 Å². The summed E-state index contributed by atoms with van der Waals surface area (Å²) in [6.45, 7) is 1.03. The van der Waals surface area contributed by atoms with Crippen molar-refractivity contribution in [1.29, 1.82) is 0 Å². The summed E-state index contributed by atoms with van der Waals surface area (Å²) in [6.07, 6.45) is -4.68. The predicted molar refractivity (Wildman–Crippen MR) is 77.8 cm³/mol. The van der Waals surface area contributed by atoms with Crippen molar-refractivity contribution in [3.05, 3.63) is 0 Å². The van der Waals surface area contributed by atoms with E-state index >= 15 is 0 Å². The second-order valence-electron chi connectivity index (χ2n) is 5.95. The van der Waals surface area contributed by atoms with Gasteiger partial charge in [-0.25, -0.2) is 5.01 Å². The Labute approximate surface area is 136 Å². The summed E-state index contributed by atoms with van der Waals surface area (Å²) in [7, 11) is 1.35. The Balaban J connectivity index is 2.23. The monoisotopic (exact) mass is 348 g/mol. The number of likely N-dealkylation sites (tertiary alicyclic amines) is 1. The lowest BCUT2D eigenvalue weighted by atomic mass is 9.96. The van der Waals surface area contributed by atoms with E-state index in [2.05, 4.69) is 10.4 Å². The van der Waals surface area contributed by atoms with Gasteiger partial charge in [-0.3, -0.25) is 14.4 Å². The number of alkyl halides is 3. The smallest absolute Gasteiger partial charge is 0.352 e. The number of amides is 3. The van der Waals surface area contributed by atoms with Crippen molar-refractivity contribution in [2.75, 3.05) is 13.6 Å². The maximum absolute atomic E-state index is 13.3. The molecule has 0 spiro atoms. The molecule has 24 heavy (non-hydrogen) atoms. The average Bonchev–Trinajstić information content (AvgIpc) is 2.47. The first-order chi connectivity index (χ1) is 11.1. The summed E-state index contributed by atoms with van der Waals surface area (Å²) in [4.78, 5) is 35.8. The van der Waals surface area contributed by atoms with E-state index in [1.165, 1.54) is 14.0 Å². The van der Waals surface area contributed by atoms with Gasteiger partial charge in [0.05, 0.1) is 0 Å². The summed E-state index contributed by atoms with van der Waals surface area (Å²) in [5, 5.41) is 7.31. The third-order valence-electron chi connectivity index (χ3n) is 4.08. The van der Waals surface area contributed by atoms with Crippen LogP contribution in [0.3, 0.4) is 0 Å². The zero-order chi connectivity index (χ0) is 18.1. The van der Waals surface area contributed by atoms with Gasteiger partial charge in [-0.2, -0.15) is 18.3 Å². The highest BCUT2D eigenvalue weighted by atomic mass is 19.4. The zero-order valence-electron chi connectivity index (χ0n) is 13.4. The van der Waals surface area contributed by atoms with E-state index < -0.39 is 24.2 Å². The van der Waals surface area contributed by atoms with Crippen molar-refractivity contribution in [1.82, 2.24) is 15.2 Å². The van der Waals surface area contributed by atoms with Crippen LogP contribution in [0.5, 0.6) is 0 Å². The summed E-state index contributed by atoms with van der Waals surface area (Å²) in [6, 6.07) is -2.45. The van der Waals surface area contributed by atoms with Crippen LogP contribution in [0.15, 0.2) is 5.10 Å². The Bertz CT molecular complexity index is 576. The van der Waals surface area contributed by atoms with Crippen LogP contribution in [0.25, 0.3) is 0 Å². The molecule has 10 heteroatoms. The maximum Gasteiger partial charge on any atom is 0.408 e. The summed E-state index contributed by atoms with van der Waals surface area (Å²) in [5.41, 5.74) is -0.0742. The number of hydrazone groups is 1. The second-order valence-corrected chi connectivity index (χ2v) is 5.95. The molecule has 1 saturated heterocycles. The van der Waals surface area contributed by atoms with Crippen molar-refractivity contribution < 1.29 is 27.6 Å². The molecule has 0 aromatic rings. The molecule has 2 heterocycles. The molecule has 0 bridgehead atoms. The molecule has 2 aliphatic heterocycles. The van der Waals surface area contributed by atoms with E-state index in [0.717, 1.165) is 5.01 Å². The van der Waals surface area contributed by atoms with Crippen molar-refractivity contribution in [2.24, 2.45) is 5.10 Å². The molecular formula is C14H19F3N4O3. The van der Waals surface area contributed by atoms with E-state index in [0.29, 0.717) is 4.90 Å². The van der Waals surface area contributed by atoms with Crippen molar-refractivity contribution in [3.8, 4) is 0 Å². The zero-order valence-corrected chi connectivity index (χ0v) is 13.4. The van der Waals surface area contributed by atoms with E-state index in [1.54, 1.807) is 0 Å². The van der Waals surface area contributed by atoms with Crippen LogP contribution in [0, 0.1) is 0 Å². The number of hydrogen-bond acceptors (Lipinski definition) is 4. The molecule has 0 aromatic heterocycles. The fourth-order valence-corrected chi connectivity index (χ4v) is 2.93. The lowest BCUT2D eigenvalue weighted by Crippen LogP contribution is -2.59. The molecule has 2 atom stereocenters. The van der Waals surface area contributed by atoms with Crippen molar-refractivity contribution >= 4 is 23.4 Å². The summed E-state index contributed by atoms with van der Waals surface area (Å²) < 4.78 is 39.8. The van der Waals surface area contributed by atoms with E-state index in [1.807, 2.05) is 0 Å². The molecule has 0 saturated carbocycles. The van der Waals surface area contributed by atoms with Gasteiger partial charge in [0, 0.05) is 39.4 Å². The van der Waals surface area contributed by atoms with Crippen LogP contribution in [0.4, 0.5) is 13.2 Å². The van der Waals surface area contributed by atoms with Crippen LogP contribution in [-0.4, -0.2) is 65.2 Å². The standard InChI is InChI=1S/C14H19F3N4O3/c1-8(22)18-9-3-5-11(14(15,16)17)21(7-9)13(24)10-4-6-12(23)20(2)19-10/h9,11H,3-7H2,1-2H3,(H,18,22)/t9-,11-/m0/s1. The van der Waals surface area contributed by atoms with Gasteiger partial charge in [0.1, 0.15) is 11.8 Å². The second kappa shape index (κ2) is 6.78. The highest BCUT2D eigenvalue weighted by Crippen LogP contribution is 2.32. The number of carbonyl (C=O) groups excluding carboxylic acids is 3. The molecule has 0 radical (unpaired) electrons. The first-order valence-electron chi connectivity index (χ1n) is 7.58.